The maximum Gasteiger partial charge on any atom is 0.335 e. The number of benzene rings is 1. The van der Waals surface area contributed by atoms with Crippen LogP contribution in [0.3, 0.4) is 0 Å². The number of aliphatic hydroxyl groups excluding tert-OH is 2. The van der Waals surface area contributed by atoms with Crippen molar-refractivity contribution in [1.82, 2.24) is 0 Å². The highest BCUT2D eigenvalue weighted by molar-refractivity contribution is 7.98. The third kappa shape index (κ3) is 9.05. The molecule has 0 aliphatic carbocycles. The number of rotatable bonds is 8. The minimum Gasteiger partial charge on any atom is -0.479 e. The van der Waals surface area contributed by atoms with Gasteiger partial charge in [0.05, 0.1) is 0 Å². The molecule has 0 aliphatic rings. The van der Waals surface area contributed by atoms with Gasteiger partial charge in [-0.1, -0.05) is 30.3 Å². The van der Waals surface area contributed by atoms with Gasteiger partial charge in [-0.05, 0) is 12.5 Å². The summed E-state index contributed by atoms with van der Waals surface area (Å²) in [4.78, 5) is 30.5. The summed E-state index contributed by atoms with van der Waals surface area (Å²) in [5.41, 5.74) is 11.2. The lowest BCUT2D eigenvalue weighted by Gasteiger charge is -2.19. The van der Waals surface area contributed by atoms with Crippen molar-refractivity contribution in [2.45, 2.75) is 30.4 Å². The summed E-state index contributed by atoms with van der Waals surface area (Å²) in [5.74, 6) is -2.61. The van der Waals surface area contributed by atoms with E-state index in [1.165, 1.54) is 5.56 Å². The van der Waals surface area contributed by atoms with E-state index in [-0.39, 0.29) is 0 Å². The predicted molar refractivity (Wildman–Crippen MR) is 91.7 cm³/mol. The minimum atomic E-state index is -2.27. The molecule has 0 aliphatic heterocycles. The van der Waals surface area contributed by atoms with Gasteiger partial charge in [0.1, 0.15) is 5.54 Å². The summed E-state index contributed by atoms with van der Waals surface area (Å²) in [6.07, 6.45) is -4.53. The van der Waals surface area contributed by atoms with Gasteiger partial charge in [-0.15, -0.1) is 0 Å². The number of carbonyl (C=O) groups excluding carboxylic acids is 1. The Hall–Kier alpha value is -2.14. The molecule has 0 bridgehead atoms. The van der Waals surface area contributed by atoms with Crippen LogP contribution in [0.1, 0.15) is 12.5 Å². The quantitative estimate of drug-likeness (QED) is 0.332. The molecule has 0 heterocycles. The van der Waals surface area contributed by atoms with E-state index in [0.29, 0.717) is 5.75 Å². The summed E-state index contributed by atoms with van der Waals surface area (Å²) in [6.45, 7) is 1.66. The van der Waals surface area contributed by atoms with E-state index in [1.807, 2.05) is 30.3 Å². The third-order valence-electron chi connectivity index (χ3n) is 2.88. The van der Waals surface area contributed by atoms with Crippen LogP contribution in [0.5, 0.6) is 0 Å². The van der Waals surface area contributed by atoms with E-state index < -0.39 is 35.6 Å². The van der Waals surface area contributed by atoms with Crippen molar-refractivity contribution < 1.29 is 34.8 Å². The molecule has 8 N–H and O–H groups in total. The van der Waals surface area contributed by atoms with E-state index in [2.05, 4.69) is 0 Å². The van der Waals surface area contributed by atoms with Crippen molar-refractivity contribution in [2.24, 2.45) is 11.5 Å². The molecule has 10 heteroatoms. The van der Waals surface area contributed by atoms with Gasteiger partial charge < -0.3 is 31.9 Å². The zero-order chi connectivity index (χ0) is 19.6. The molecule has 1 amide bonds. The van der Waals surface area contributed by atoms with E-state index in [1.54, 1.807) is 18.7 Å². The van der Waals surface area contributed by atoms with Crippen molar-refractivity contribution >= 4 is 29.6 Å². The molecule has 0 aromatic heterocycles. The second-order valence-electron chi connectivity index (χ2n) is 5.33. The SMILES string of the molecule is CC(N)(CSCc1ccccc1)C(N)=O.O=C(O)[C@H](O)[C@@H](O)C(=O)O. The molecule has 0 saturated heterocycles. The number of amides is 1. The molecule has 1 unspecified atom stereocenters. The summed E-state index contributed by atoms with van der Waals surface area (Å²) < 4.78 is 0. The topological polar surface area (TPSA) is 184 Å². The Morgan fingerprint density at radius 2 is 1.52 bits per heavy atom. The monoisotopic (exact) mass is 374 g/mol. The summed E-state index contributed by atoms with van der Waals surface area (Å²) in [6, 6.07) is 10.1. The fourth-order valence-electron chi connectivity index (χ4n) is 1.30. The Kier molecular flexibility index (Phi) is 9.76. The number of thioether (sulfide) groups is 1. The fourth-order valence-corrected chi connectivity index (χ4v) is 2.39. The molecular formula is C15H22N2O7S. The van der Waals surface area contributed by atoms with Crippen LogP contribution in [0, 0.1) is 0 Å². The molecule has 140 valence electrons. The van der Waals surface area contributed by atoms with Gasteiger partial charge in [0.25, 0.3) is 0 Å². The van der Waals surface area contributed by atoms with Gasteiger partial charge >= 0.3 is 11.9 Å². The van der Waals surface area contributed by atoms with Crippen LogP contribution in [-0.4, -0.2) is 61.8 Å². The average Bonchev–Trinajstić information content (AvgIpc) is 2.54. The lowest BCUT2D eigenvalue weighted by molar-refractivity contribution is -0.165. The number of primary amides is 1. The summed E-state index contributed by atoms with van der Waals surface area (Å²) >= 11 is 1.62. The number of aliphatic hydroxyl groups is 2. The maximum atomic E-state index is 10.9. The molecule has 0 radical (unpaired) electrons. The number of nitrogens with two attached hydrogens (primary N) is 2. The Balaban J connectivity index is 0.000000504. The average molecular weight is 374 g/mol. The van der Waals surface area contributed by atoms with Crippen molar-refractivity contribution in [3.05, 3.63) is 35.9 Å². The van der Waals surface area contributed by atoms with Gasteiger partial charge in [-0.2, -0.15) is 11.8 Å². The first-order valence-electron chi connectivity index (χ1n) is 7.01. The number of carboxylic acid groups (broad SMARTS) is 2. The Morgan fingerprint density at radius 1 is 1.08 bits per heavy atom. The first-order chi connectivity index (χ1) is 11.5. The van der Waals surface area contributed by atoms with Crippen LogP contribution in [0.2, 0.25) is 0 Å². The Labute approximate surface area is 148 Å². The highest BCUT2D eigenvalue weighted by Crippen LogP contribution is 2.16. The van der Waals surface area contributed by atoms with Gasteiger partial charge in [0, 0.05) is 11.5 Å². The Morgan fingerprint density at radius 3 is 1.88 bits per heavy atom. The number of hydrogen-bond donors (Lipinski definition) is 6. The highest BCUT2D eigenvalue weighted by Gasteiger charge is 2.29. The molecular weight excluding hydrogens is 352 g/mol. The lowest BCUT2D eigenvalue weighted by Crippen LogP contribution is -2.51. The van der Waals surface area contributed by atoms with Crippen LogP contribution < -0.4 is 11.5 Å². The van der Waals surface area contributed by atoms with Crippen LogP contribution >= 0.6 is 11.8 Å². The highest BCUT2D eigenvalue weighted by atomic mass is 32.2. The van der Waals surface area contributed by atoms with E-state index in [4.69, 9.17) is 31.9 Å². The molecule has 9 nitrogen and oxygen atoms in total. The molecule has 1 aromatic carbocycles. The number of carbonyl (C=O) groups is 3. The molecule has 0 saturated carbocycles. The van der Waals surface area contributed by atoms with Gasteiger partial charge in [-0.25, -0.2) is 9.59 Å². The minimum absolute atomic E-state index is 0.455. The van der Waals surface area contributed by atoms with Crippen molar-refractivity contribution in [2.75, 3.05) is 5.75 Å². The zero-order valence-electron chi connectivity index (χ0n) is 13.5. The first-order valence-corrected chi connectivity index (χ1v) is 8.16. The number of carboxylic acids is 2. The van der Waals surface area contributed by atoms with Crippen LogP contribution in [0.4, 0.5) is 0 Å². The number of hydrogen-bond acceptors (Lipinski definition) is 7. The van der Waals surface area contributed by atoms with Gasteiger partial charge in [0.2, 0.25) is 5.91 Å². The van der Waals surface area contributed by atoms with Crippen LogP contribution in [0.15, 0.2) is 30.3 Å². The van der Waals surface area contributed by atoms with Crippen molar-refractivity contribution in [1.29, 1.82) is 0 Å². The molecule has 1 rings (SSSR count). The van der Waals surface area contributed by atoms with E-state index >= 15 is 0 Å². The molecule has 1 aromatic rings. The smallest absolute Gasteiger partial charge is 0.335 e. The van der Waals surface area contributed by atoms with Gasteiger partial charge in [-0.3, -0.25) is 4.79 Å². The third-order valence-corrected chi connectivity index (χ3v) is 4.22. The fraction of sp³-hybridized carbons (Fsp3) is 0.400. The Bertz CT molecular complexity index is 563. The zero-order valence-corrected chi connectivity index (χ0v) is 14.3. The lowest BCUT2D eigenvalue weighted by atomic mass is 10.1. The van der Waals surface area contributed by atoms with Crippen molar-refractivity contribution in [3.63, 3.8) is 0 Å². The molecule has 3 atom stereocenters. The van der Waals surface area contributed by atoms with E-state index in [0.717, 1.165) is 5.75 Å². The summed E-state index contributed by atoms with van der Waals surface area (Å²) in [7, 11) is 0. The second-order valence-corrected chi connectivity index (χ2v) is 6.31. The number of aliphatic carboxylic acids is 2. The predicted octanol–water partition coefficient (Wildman–Crippen LogP) is -1.00. The molecule has 25 heavy (non-hydrogen) atoms. The second kappa shape index (κ2) is 10.7. The van der Waals surface area contributed by atoms with Crippen LogP contribution in [-0.2, 0) is 20.1 Å². The largest absolute Gasteiger partial charge is 0.479 e. The first kappa shape index (κ1) is 22.9. The molecule has 0 fully saturated rings. The normalized spacial score (nSPS) is 15.0. The van der Waals surface area contributed by atoms with E-state index in [9.17, 15) is 14.4 Å². The van der Waals surface area contributed by atoms with Gasteiger partial charge in [0.15, 0.2) is 12.2 Å². The standard InChI is InChI=1S/C11H16N2OS.C4H6O6/c1-11(13,10(12)14)8-15-7-9-5-3-2-4-6-9;5-1(3(7)8)2(6)4(9)10/h2-6H,7-8,13H2,1H3,(H2,12,14);1-2,5-6H,(H,7,8)(H,9,10)/t;1-,2-/m.1/s1. The van der Waals surface area contributed by atoms with Crippen molar-refractivity contribution in [3.8, 4) is 0 Å². The maximum absolute atomic E-state index is 10.9. The van der Waals surface area contributed by atoms with Crippen LogP contribution in [0.25, 0.3) is 0 Å². The molecule has 0 spiro atoms. The summed E-state index contributed by atoms with van der Waals surface area (Å²) in [5, 5.41) is 32.5.